The van der Waals surface area contributed by atoms with Crippen LogP contribution < -0.4 is 14.4 Å². The average Bonchev–Trinajstić information content (AvgIpc) is 2.92. The standard InChI is InChI=1S/C31H38BrN3O5S/c1-7-28(31(37)33-21(2)3)34(19-24-11-9-8-10-23(24)5)30(36)20-35(25-14-12-22(4)13-15-25)41(38,39)26-16-17-29(40-6)27(32)18-26/h8-18,21,28H,7,19-20H2,1-6H3,(H,33,37). The predicted molar refractivity (Wildman–Crippen MR) is 165 cm³/mol. The maximum absolute atomic E-state index is 14.2. The van der Waals surface area contributed by atoms with Gasteiger partial charge in [0.05, 0.1) is 22.2 Å². The molecule has 1 atom stereocenters. The van der Waals surface area contributed by atoms with Crippen molar-refractivity contribution in [2.45, 2.75) is 64.6 Å². The molecule has 0 spiro atoms. The van der Waals surface area contributed by atoms with Crippen LogP contribution in [0, 0.1) is 13.8 Å². The van der Waals surface area contributed by atoms with Crippen molar-refractivity contribution < 1.29 is 22.7 Å². The normalized spacial score (nSPS) is 12.1. The van der Waals surface area contributed by atoms with Crippen molar-refractivity contribution in [1.82, 2.24) is 10.2 Å². The molecule has 41 heavy (non-hydrogen) atoms. The van der Waals surface area contributed by atoms with Gasteiger partial charge in [-0.3, -0.25) is 13.9 Å². The topological polar surface area (TPSA) is 96.0 Å². The van der Waals surface area contributed by atoms with Gasteiger partial charge in [-0.05, 0) is 91.5 Å². The van der Waals surface area contributed by atoms with E-state index in [4.69, 9.17) is 4.74 Å². The van der Waals surface area contributed by atoms with Crippen LogP contribution in [-0.2, 0) is 26.2 Å². The van der Waals surface area contributed by atoms with E-state index in [1.165, 1.54) is 24.1 Å². The van der Waals surface area contributed by atoms with Crippen LogP contribution in [0.15, 0.2) is 76.1 Å². The van der Waals surface area contributed by atoms with Gasteiger partial charge >= 0.3 is 0 Å². The zero-order valence-electron chi connectivity index (χ0n) is 24.3. The molecule has 10 heteroatoms. The molecule has 0 aliphatic heterocycles. The number of nitrogens with one attached hydrogen (secondary N) is 1. The number of nitrogens with zero attached hydrogens (tertiary/aromatic N) is 2. The van der Waals surface area contributed by atoms with E-state index < -0.39 is 28.5 Å². The van der Waals surface area contributed by atoms with Gasteiger partial charge in [-0.2, -0.15) is 0 Å². The minimum atomic E-state index is -4.20. The van der Waals surface area contributed by atoms with Crippen molar-refractivity contribution in [3.05, 3.63) is 87.9 Å². The van der Waals surface area contributed by atoms with Gasteiger partial charge in [0.15, 0.2) is 0 Å². The van der Waals surface area contributed by atoms with Crippen LogP contribution >= 0.6 is 15.9 Å². The Bertz CT molecular complexity index is 1480. The quantitative estimate of drug-likeness (QED) is 0.277. The summed E-state index contributed by atoms with van der Waals surface area (Å²) in [6, 6.07) is 18.1. The van der Waals surface area contributed by atoms with Crippen molar-refractivity contribution in [1.29, 1.82) is 0 Å². The lowest BCUT2D eigenvalue weighted by molar-refractivity contribution is -0.140. The molecule has 2 amide bonds. The molecule has 8 nitrogen and oxygen atoms in total. The number of aryl methyl sites for hydroxylation is 2. The minimum absolute atomic E-state index is 0.00593. The number of anilines is 1. The number of carbonyl (C=O) groups excluding carboxylic acids is 2. The first-order valence-electron chi connectivity index (χ1n) is 13.5. The van der Waals surface area contributed by atoms with Crippen LogP contribution in [0.2, 0.25) is 0 Å². The Kier molecular flexibility index (Phi) is 11.0. The van der Waals surface area contributed by atoms with E-state index >= 15 is 0 Å². The number of halogens is 1. The molecule has 0 saturated heterocycles. The smallest absolute Gasteiger partial charge is 0.264 e. The number of sulfonamides is 1. The highest BCUT2D eigenvalue weighted by molar-refractivity contribution is 9.10. The zero-order chi connectivity index (χ0) is 30.3. The third-order valence-electron chi connectivity index (χ3n) is 6.73. The third kappa shape index (κ3) is 7.89. The van der Waals surface area contributed by atoms with Crippen molar-refractivity contribution >= 4 is 43.5 Å². The van der Waals surface area contributed by atoms with Gasteiger partial charge in [-0.25, -0.2) is 8.42 Å². The highest BCUT2D eigenvalue weighted by Gasteiger charge is 2.34. The number of rotatable bonds is 12. The SMILES string of the molecule is CCC(C(=O)NC(C)C)N(Cc1ccccc1C)C(=O)CN(c1ccc(C)cc1)S(=O)(=O)c1ccc(OC)c(Br)c1. The minimum Gasteiger partial charge on any atom is -0.496 e. The van der Waals surface area contributed by atoms with E-state index in [9.17, 15) is 18.0 Å². The van der Waals surface area contributed by atoms with E-state index in [1.54, 1.807) is 30.3 Å². The largest absolute Gasteiger partial charge is 0.496 e. The Morgan fingerprint density at radius 3 is 2.22 bits per heavy atom. The lowest BCUT2D eigenvalue weighted by Crippen LogP contribution is -2.53. The zero-order valence-corrected chi connectivity index (χ0v) is 26.8. The molecule has 3 aromatic carbocycles. The van der Waals surface area contributed by atoms with Gasteiger partial charge < -0.3 is 15.0 Å². The summed E-state index contributed by atoms with van der Waals surface area (Å²) < 4.78 is 35.0. The Morgan fingerprint density at radius 1 is 1.00 bits per heavy atom. The monoisotopic (exact) mass is 643 g/mol. The molecule has 1 N–H and O–H groups in total. The first kappa shape index (κ1) is 32.1. The van der Waals surface area contributed by atoms with E-state index in [1.807, 2.05) is 58.9 Å². The molecule has 1 unspecified atom stereocenters. The first-order chi connectivity index (χ1) is 19.4. The lowest BCUT2D eigenvalue weighted by Gasteiger charge is -2.34. The summed E-state index contributed by atoms with van der Waals surface area (Å²) in [5.41, 5.74) is 3.13. The highest BCUT2D eigenvalue weighted by atomic mass is 79.9. The number of methoxy groups -OCH3 is 1. The second-order valence-electron chi connectivity index (χ2n) is 10.2. The second-order valence-corrected chi connectivity index (χ2v) is 12.9. The summed E-state index contributed by atoms with van der Waals surface area (Å²) in [5.74, 6) is -0.294. The number of ether oxygens (including phenoxy) is 1. The Hall–Kier alpha value is -3.37. The lowest BCUT2D eigenvalue weighted by atomic mass is 10.1. The molecule has 0 aliphatic carbocycles. The predicted octanol–water partition coefficient (Wildman–Crippen LogP) is 5.60. The molecule has 3 rings (SSSR count). The van der Waals surface area contributed by atoms with Gasteiger partial charge in [0.25, 0.3) is 10.0 Å². The van der Waals surface area contributed by atoms with Crippen molar-refractivity contribution in [3.8, 4) is 5.75 Å². The molecule has 220 valence electrons. The van der Waals surface area contributed by atoms with Gasteiger partial charge in [-0.1, -0.05) is 48.9 Å². The van der Waals surface area contributed by atoms with E-state index in [0.717, 1.165) is 21.0 Å². The van der Waals surface area contributed by atoms with Crippen molar-refractivity contribution in [2.24, 2.45) is 0 Å². The molecule has 0 bridgehead atoms. The van der Waals surface area contributed by atoms with Crippen LogP contribution in [-0.4, -0.2) is 50.9 Å². The van der Waals surface area contributed by atoms with Gasteiger partial charge in [0.2, 0.25) is 11.8 Å². The van der Waals surface area contributed by atoms with Gasteiger partial charge in [0.1, 0.15) is 18.3 Å². The average molecular weight is 645 g/mol. The Morgan fingerprint density at radius 2 is 1.66 bits per heavy atom. The van der Waals surface area contributed by atoms with Crippen LogP contribution in [0.25, 0.3) is 0 Å². The molecule has 0 aromatic heterocycles. The van der Waals surface area contributed by atoms with Crippen LogP contribution in [0.5, 0.6) is 5.75 Å². The molecule has 0 aliphatic rings. The van der Waals surface area contributed by atoms with Gasteiger partial charge in [-0.15, -0.1) is 0 Å². The van der Waals surface area contributed by atoms with Crippen LogP contribution in [0.3, 0.4) is 0 Å². The maximum Gasteiger partial charge on any atom is 0.264 e. The Labute approximate surface area is 251 Å². The second kappa shape index (κ2) is 14.0. The van der Waals surface area contributed by atoms with Gasteiger partial charge in [0, 0.05) is 12.6 Å². The molecule has 0 heterocycles. The molecular formula is C31H38BrN3O5S. The number of hydrogen-bond donors (Lipinski definition) is 1. The van der Waals surface area contributed by atoms with E-state index in [0.29, 0.717) is 22.3 Å². The fraction of sp³-hybridized carbons (Fsp3) is 0.355. The molecule has 3 aromatic rings. The number of hydrogen-bond acceptors (Lipinski definition) is 5. The molecular weight excluding hydrogens is 606 g/mol. The fourth-order valence-electron chi connectivity index (χ4n) is 4.45. The van der Waals surface area contributed by atoms with Crippen LogP contribution in [0.4, 0.5) is 5.69 Å². The molecule has 0 fully saturated rings. The van der Waals surface area contributed by atoms with Crippen molar-refractivity contribution in [2.75, 3.05) is 18.0 Å². The number of carbonyl (C=O) groups is 2. The Balaban J connectivity index is 2.09. The highest BCUT2D eigenvalue weighted by Crippen LogP contribution is 2.31. The maximum atomic E-state index is 14.2. The summed E-state index contributed by atoms with van der Waals surface area (Å²) in [7, 11) is -2.70. The number of amides is 2. The summed E-state index contributed by atoms with van der Waals surface area (Å²) in [5, 5.41) is 2.91. The molecule has 0 saturated carbocycles. The summed E-state index contributed by atoms with van der Waals surface area (Å²) in [4.78, 5) is 28.9. The van der Waals surface area contributed by atoms with E-state index in [2.05, 4.69) is 21.2 Å². The number of benzene rings is 3. The third-order valence-corrected chi connectivity index (χ3v) is 9.12. The summed E-state index contributed by atoms with van der Waals surface area (Å²) >= 11 is 3.37. The fourth-order valence-corrected chi connectivity index (χ4v) is 6.58. The van der Waals surface area contributed by atoms with Crippen LogP contribution in [0.1, 0.15) is 43.9 Å². The van der Waals surface area contributed by atoms with Crippen molar-refractivity contribution in [3.63, 3.8) is 0 Å². The summed E-state index contributed by atoms with van der Waals surface area (Å²) in [6.45, 7) is 9.06. The van der Waals surface area contributed by atoms with E-state index in [-0.39, 0.29) is 23.4 Å². The molecule has 0 radical (unpaired) electrons. The summed E-state index contributed by atoms with van der Waals surface area (Å²) in [6.07, 6.45) is 0.360. The first-order valence-corrected chi connectivity index (χ1v) is 15.7.